The third-order valence-electron chi connectivity index (χ3n) is 3.81. The third-order valence-corrected chi connectivity index (χ3v) is 3.81. The van der Waals surface area contributed by atoms with E-state index in [-0.39, 0.29) is 5.91 Å². The maximum Gasteiger partial charge on any atom is 0.248 e. The summed E-state index contributed by atoms with van der Waals surface area (Å²) in [6.07, 6.45) is 0. The number of fused-ring (bicyclic) bond motifs is 1. The van der Waals surface area contributed by atoms with E-state index in [0.717, 1.165) is 19.6 Å². The van der Waals surface area contributed by atoms with Crippen LogP contribution in [0.25, 0.3) is 0 Å². The smallest absolute Gasteiger partial charge is 0.248 e. The standard InChI is InChI=1S/C17H18N2O/c1-12-2-4-13(5-3-12)9-19-10-15-7-6-14(17(18)20)8-16(15)11-19/h2-8H,9-11H2,1H3,(H2,18,20). The molecule has 1 aliphatic rings. The number of carbonyl (C=O) groups excluding carboxylic acids is 1. The van der Waals surface area contributed by atoms with Crippen LogP contribution in [0.5, 0.6) is 0 Å². The summed E-state index contributed by atoms with van der Waals surface area (Å²) in [5, 5.41) is 0. The minimum Gasteiger partial charge on any atom is -0.366 e. The summed E-state index contributed by atoms with van der Waals surface area (Å²) in [5.74, 6) is -0.357. The monoisotopic (exact) mass is 266 g/mol. The van der Waals surface area contributed by atoms with Gasteiger partial charge in [0.25, 0.3) is 0 Å². The Morgan fingerprint density at radius 3 is 2.50 bits per heavy atom. The fourth-order valence-corrected chi connectivity index (χ4v) is 2.68. The lowest BCUT2D eigenvalue weighted by Gasteiger charge is -2.14. The Hall–Kier alpha value is -2.13. The van der Waals surface area contributed by atoms with Crippen molar-refractivity contribution in [2.75, 3.05) is 0 Å². The molecule has 3 heteroatoms. The van der Waals surface area contributed by atoms with Gasteiger partial charge in [-0.25, -0.2) is 0 Å². The molecule has 0 unspecified atom stereocenters. The van der Waals surface area contributed by atoms with Gasteiger partial charge >= 0.3 is 0 Å². The van der Waals surface area contributed by atoms with Crippen molar-refractivity contribution in [3.63, 3.8) is 0 Å². The maximum absolute atomic E-state index is 11.2. The summed E-state index contributed by atoms with van der Waals surface area (Å²) in [5.41, 5.74) is 11.0. The predicted octanol–water partition coefficient (Wildman–Crippen LogP) is 2.61. The van der Waals surface area contributed by atoms with E-state index < -0.39 is 0 Å². The number of primary amides is 1. The fourth-order valence-electron chi connectivity index (χ4n) is 2.68. The first-order valence-corrected chi connectivity index (χ1v) is 6.81. The molecular weight excluding hydrogens is 248 g/mol. The molecule has 2 N–H and O–H groups in total. The van der Waals surface area contributed by atoms with Gasteiger partial charge in [-0.05, 0) is 35.7 Å². The summed E-state index contributed by atoms with van der Waals surface area (Å²) in [7, 11) is 0. The Morgan fingerprint density at radius 1 is 1.10 bits per heavy atom. The second-order valence-electron chi connectivity index (χ2n) is 5.48. The Labute approximate surface area is 119 Å². The van der Waals surface area contributed by atoms with Gasteiger partial charge in [0.05, 0.1) is 0 Å². The number of nitrogens with two attached hydrogens (primary N) is 1. The van der Waals surface area contributed by atoms with Gasteiger partial charge in [-0.1, -0.05) is 35.9 Å². The SMILES string of the molecule is Cc1ccc(CN2Cc3ccc(C(N)=O)cc3C2)cc1. The predicted molar refractivity (Wildman–Crippen MR) is 79.1 cm³/mol. The highest BCUT2D eigenvalue weighted by Crippen LogP contribution is 2.25. The van der Waals surface area contributed by atoms with Crippen LogP contribution < -0.4 is 5.73 Å². The molecule has 0 saturated carbocycles. The molecule has 0 saturated heterocycles. The van der Waals surface area contributed by atoms with E-state index in [9.17, 15) is 4.79 Å². The van der Waals surface area contributed by atoms with Crippen LogP contribution >= 0.6 is 0 Å². The molecular formula is C17H18N2O. The van der Waals surface area contributed by atoms with E-state index in [2.05, 4.69) is 36.1 Å². The molecule has 1 amide bonds. The van der Waals surface area contributed by atoms with Crippen molar-refractivity contribution in [2.45, 2.75) is 26.6 Å². The van der Waals surface area contributed by atoms with Gasteiger partial charge in [-0.15, -0.1) is 0 Å². The highest BCUT2D eigenvalue weighted by atomic mass is 16.1. The largest absolute Gasteiger partial charge is 0.366 e. The van der Waals surface area contributed by atoms with Gasteiger partial charge in [0, 0.05) is 25.2 Å². The lowest BCUT2D eigenvalue weighted by Crippen LogP contribution is -2.15. The van der Waals surface area contributed by atoms with Crippen LogP contribution in [-0.2, 0) is 19.6 Å². The summed E-state index contributed by atoms with van der Waals surface area (Å²) in [4.78, 5) is 13.6. The van der Waals surface area contributed by atoms with Crippen molar-refractivity contribution in [1.82, 2.24) is 4.90 Å². The second-order valence-corrected chi connectivity index (χ2v) is 5.48. The Bertz CT molecular complexity index is 647. The van der Waals surface area contributed by atoms with Crippen LogP contribution in [0.2, 0.25) is 0 Å². The lowest BCUT2D eigenvalue weighted by atomic mass is 10.1. The van der Waals surface area contributed by atoms with Crippen molar-refractivity contribution in [3.8, 4) is 0 Å². The first-order valence-electron chi connectivity index (χ1n) is 6.81. The van der Waals surface area contributed by atoms with Crippen LogP contribution in [0.15, 0.2) is 42.5 Å². The Balaban J connectivity index is 1.73. The normalized spacial score (nSPS) is 14.2. The van der Waals surface area contributed by atoms with Crippen LogP contribution in [-0.4, -0.2) is 10.8 Å². The minimum absolute atomic E-state index is 0.357. The lowest BCUT2D eigenvalue weighted by molar-refractivity contribution is 0.1000. The zero-order valence-electron chi connectivity index (χ0n) is 11.6. The molecule has 0 bridgehead atoms. The van der Waals surface area contributed by atoms with Crippen molar-refractivity contribution < 1.29 is 4.79 Å². The zero-order valence-corrected chi connectivity index (χ0v) is 11.6. The molecule has 1 heterocycles. The average Bonchev–Trinajstić information content (AvgIpc) is 2.82. The minimum atomic E-state index is -0.357. The van der Waals surface area contributed by atoms with Gasteiger partial charge in [0.1, 0.15) is 0 Å². The van der Waals surface area contributed by atoms with E-state index in [0.29, 0.717) is 5.56 Å². The second kappa shape index (κ2) is 5.10. The maximum atomic E-state index is 11.2. The number of carbonyl (C=O) groups is 1. The topological polar surface area (TPSA) is 46.3 Å². The van der Waals surface area contributed by atoms with Crippen LogP contribution in [0.3, 0.4) is 0 Å². The number of aryl methyl sites for hydroxylation is 1. The first-order chi connectivity index (χ1) is 9.61. The Kier molecular flexibility index (Phi) is 3.28. The van der Waals surface area contributed by atoms with E-state index in [4.69, 9.17) is 5.73 Å². The molecule has 0 fully saturated rings. The van der Waals surface area contributed by atoms with Crippen molar-refractivity contribution in [2.24, 2.45) is 5.73 Å². The van der Waals surface area contributed by atoms with E-state index in [1.807, 2.05) is 18.2 Å². The molecule has 2 aromatic carbocycles. The third kappa shape index (κ3) is 2.58. The van der Waals surface area contributed by atoms with Crippen LogP contribution in [0, 0.1) is 6.92 Å². The van der Waals surface area contributed by atoms with E-state index in [1.54, 1.807) is 0 Å². The van der Waals surface area contributed by atoms with Crippen molar-refractivity contribution in [1.29, 1.82) is 0 Å². The molecule has 0 atom stereocenters. The van der Waals surface area contributed by atoms with Gasteiger partial charge in [0.2, 0.25) is 5.91 Å². The molecule has 3 nitrogen and oxygen atoms in total. The molecule has 20 heavy (non-hydrogen) atoms. The Morgan fingerprint density at radius 2 is 1.80 bits per heavy atom. The number of nitrogens with zero attached hydrogens (tertiary/aromatic N) is 1. The molecule has 2 aromatic rings. The van der Waals surface area contributed by atoms with Gasteiger partial charge < -0.3 is 5.73 Å². The number of rotatable bonds is 3. The number of hydrogen-bond acceptors (Lipinski definition) is 2. The molecule has 1 aliphatic heterocycles. The summed E-state index contributed by atoms with van der Waals surface area (Å²) < 4.78 is 0. The molecule has 0 aromatic heterocycles. The zero-order chi connectivity index (χ0) is 14.1. The quantitative estimate of drug-likeness (QED) is 0.928. The van der Waals surface area contributed by atoms with Gasteiger partial charge in [-0.2, -0.15) is 0 Å². The summed E-state index contributed by atoms with van der Waals surface area (Å²) >= 11 is 0. The highest BCUT2D eigenvalue weighted by Gasteiger charge is 2.19. The molecule has 3 rings (SSSR count). The van der Waals surface area contributed by atoms with Crippen molar-refractivity contribution in [3.05, 3.63) is 70.3 Å². The van der Waals surface area contributed by atoms with Crippen molar-refractivity contribution >= 4 is 5.91 Å². The van der Waals surface area contributed by atoms with Gasteiger partial charge in [-0.3, -0.25) is 9.69 Å². The van der Waals surface area contributed by atoms with E-state index in [1.165, 1.54) is 22.3 Å². The average molecular weight is 266 g/mol. The fraction of sp³-hybridized carbons (Fsp3) is 0.235. The number of amides is 1. The summed E-state index contributed by atoms with van der Waals surface area (Å²) in [6.45, 7) is 4.84. The molecule has 0 spiro atoms. The first kappa shape index (κ1) is 12.9. The molecule has 0 aliphatic carbocycles. The number of hydrogen-bond donors (Lipinski definition) is 1. The van der Waals surface area contributed by atoms with Gasteiger partial charge in [0.15, 0.2) is 0 Å². The number of benzene rings is 2. The van der Waals surface area contributed by atoms with Crippen LogP contribution in [0.4, 0.5) is 0 Å². The van der Waals surface area contributed by atoms with E-state index >= 15 is 0 Å². The summed E-state index contributed by atoms with van der Waals surface area (Å²) in [6, 6.07) is 14.4. The molecule has 102 valence electrons. The van der Waals surface area contributed by atoms with Crippen LogP contribution in [0.1, 0.15) is 32.6 Å². The highest BCUT2D eigenvalue weighted by molar-refractivity contribution is 5.93. The molecule has 0 radical (unpaired) electrons.